The highest BCUT2D eigenvalue weighted by Crippen LogP contribution is 2.04. The van der Waals surface area contributed by atoms with Crippen LogP contribution in [0.5, 0.6) is 0 Å². The summed E-state index contributed by atoms with van der Waals surface area (Å²) in [6.45, 7) is 1.46. The quantitative estimate of drug-likeness (QED) is 0.217. The fraction of sp³-hybridized carbons (Fsp3) is 0.600. The first kappa shape index (κ1) is 22.3. The largest absolute Gasteiger partial charge is 0.391 e. The number of hydrogen-bond donors (Lipinski definition) is 1. The van der Waals surface area contributed by atoms with Crippen molar-refractivity contribution in [3.63, 3.8) is 0 Å². The highest BCUT2D eigenvalue weighted by molar-refractivity contribution is 5.85. The van der Waals surface area contributed by atoms with Crippen molar-refractivity contribution >= 4 is 11.9 Å². The van der Waals surface area contributed by atoms with E-state index in [2.05, 4.69) is 48.1 Å². The van der Waals surface area contributed by atoms with Gasteiger partial charge in [-0.25, -0.2) is 4.79 Å². The van der Waals surface area contributed by atoms with Gasteiger partial charge in [0, 0.05) is 6.42 Å². The summed E-state index contributed by atoms with van der Waals surface area (Å²) in [5, 5.41) is 8.44. The predicted octanol–water partition coefficient (Wildman–Crippen LogP) is 4.64. The fourth-order valence-corrected chi connectivity index (χ4v) is 2.03. The maximum atomic E-state index is 11.2. The van der Waals surface area contributed by atoms with Crippen LogP contribution in [-0.4, -0.2) is 23.7 Å². The van der Waals surface area contributed by atoms with Crippen LogP contribution in [0.3, 0.4) is 0 Å². The molecule has 4 heteroatoms. The summed E-state index contributed by atoms with van der Waals surface area (Å²) in [6, 6.07) is 0. The van der Waals surface area contributed by atoms with Gasteiger partial charge in [-0.3, -0.25) is 4.79 Å². The minimum absolute atomic E-state index is 0.212. The topological polar surface area (TPSA) is 63.6 Å². The summed E-state index contributed by atoms with van der Waals surface area (Å²) in [5.41, 5.74) is 0. The van der Waals surface area contributed by atoms with E-state index in [4.69, 9.17) is 5.11 Å². The maximum Gasteiger partial charge on any atom is 0.339 e. The second-order valence-corrected chi connectivity index (χ2v) is 5.63. The molecule has 0 spiro atoms. The molecule has 1 N–H and O–H groups in total. The van der Waals surface area contributed by atoms with Crippen LogP contribution in [0.15, 0.2) is 36.5 Å². The van der Waals surface area contributed by atoms with E-state index in [1.807, 2.05) is 0 Å². The molecule has 0 aliphatic carbocycles. The second kappa shape index (κ2) is 17.7. The molecule has 0 rings (SSSR count). The number of ether oxygens (including phenoxy) is 1. The number of allylic oxidation sites excluding steroid dienone is 6. The Morgan fingerprint density at radius 1 is 0.792 bits per heavy atom. The standard InChI is InChI=1S/C20H32O4/c1-2-3-4-5-6-7-8-9-10-11-12-13-14-15-16-17-19(22)24-20(23)18-21/h6-7,9-10,12-13,21H,2-5,8,11,14-18H2,1H3/b7-6-,10-9-,13-12-. The van der Waals surface area contributed by atoms with Crippen molar-refractivity contribution in [1.82, 2.24) is 0 Å². The second-order valence-electron chi connectivity index (χ2n) is 5.63. The van der Waals surface area contributed by atoms with Crippen molar-refractivity contribution in [2.75, 3.05) is 6.61 Å². The first-order valence-corrected chi connectivity index (χ1v) is 9.00. The zero-order valence-corrected chi connectivity index (χ0v) is 14.9. The Morgan fingerprint density at radius 3 is 1.88 bits per heavy atom. The monoisotopic (exact) mass is 336 g/mol. The van der Waals surface area contributed by atoms with E-state index in [1.54, 1.807) is 0 Å². The average molecular weight is 336 g/mol. The summed E-state index contributed by atoms with van der Waals surface area (Å²) in [6.07, 6.45) is 22.7. The van der Waals surface area contributed by atoms with E-state index in [-0.39, 0.29) is 6.42 Å². The van der Waals surface area contributed by atoms with Gasteiger partial charge in [-0.15, -0.1) is 0 Å². The van der Waals surface area contributed by atoms with E-state index < -0.39 is 18.5 Å². The Hall–Kier alpha value is -1.68. The van der Waals surface area contributed by atoms with Gasteiger partial charge in [-0.1, -0.05) is 56.2 Å². The molecular weight excluding hydrogens is 304 g/mol. The lowest BCUT2D eigenvalue weighted by Gasteiger charge is -1.99. The van der Waals surface area contributed by atoms with Crippen LogP contribution in [-0.2, 0) is 14.3 Å². The molecule has 0 amide bonds. The number of unbranched alkanes of at least 4 members (excludes halogenated alkanes) is 5. The number of hydrogen-bond acceptors (Lipinski definition) is 4. The predicted molar refractivity (Wildman–Crippen MR) is 97.4 cm³/mol. The smallest absolute Gasteiger partial charge is 0.339 e. The van der Waals surface area contributed by atoms with Crippen LogP contribution >= 0.6 is 0 Å². The van der Waals surface area contributed by atoms with Crippen LogP contribution in [0.2, 0.25) is 0 Å². The van der Waals surface area contributed by atoms with Gasteiger partial charge >= 0.3 is 11.9 Å². The van der Waals surface area contributed by atoms with Crippen LogP contribution in [0.25, 0.3) is 0 Å². The number of carbonyl (C=O) groups excluding carboxylic acids is 2. The molecule has 0 heterocycles. The van der Waals surface area contributed by atoms with Crippen LogP contribution in [0.1, 0.15) is 71.1 Å². The number of rotatable bonds is 14. The molecule has 0 saturated carbocycles. The molecule has 0 aromatic rings. The normalized spacial score (nSPS) is 11.8. The van der Waals surface area contributed by atoms with Crippen molar-refractivity contribution in [2.24, 2.45) is 0 Å². The van der Waals surface area contributed by atoms with E-state index in [0.29, 0.717) is 6.42 Å². The molecule has 0 atom stereocenters. The Labute approximate surface area is 146 Å². The van der Waals surface area contributed by atoms with Gasteiger partial charge in [-0.2, -0.15) is 0 Å². The molecule has 0 saturated heterocycles. The average Bonchev–Trinajstić information content (AvgIpc) is 2.58. The number of esters is 2. The molecule has 0 aliphatic heterocycles. The van der Waals surface area contributed by atoms with Crippen molar-refractivity contribution in [2.45, 2.75) is 71.1 Å². The van der Waals surface area contributed by atoms with E-state index in [1.165, 1.54) is 25.7 Å². The van der Waals surface area contributed by atoms with Crippen LogP contribution in [0.4, 0.5) is 0 Å². The third-order valence-corrected chi connectivity index (χ3v) is 3.38. The molecule has 0 aromatic carbocycles. The minimum Gasteiger partial charge on any atom is -0.391 e. The summed E-state index contributed by atoms with van der Waals surface area (Å²) in [7, 11) is 0. The maximum absolute atomic E-state index is 11.2. The first-order chi connectivity index (χ1) is 11.7. The fourth-order valence-electron chi connectivity index (χ4n) is 2.03. The van der Waals surface area contributed by atoms with Crippen molar-refractivity contribution < 1.29 is 19.4 Å². The lowest BCUT2D eigenvalue weighted by Crippen LogP contribution is -2.14. The van der Waals surface area contributed by atoms with Gasteiger partial charge in [0.1, 0.15) is 6.61 Å². The van der Waals surface area contributed by atoms with E-state index in [9.17, 15) is 9.59 Å². The van der Waals surface area contributed by atoms with Crippen molar-refractivity contribution in [3.05, 3.63) is 36.5 Å². The molecule has 4 nitrogen and oxygen atoms in total. The number of aliphatic hydroxyl groups excluding tert-OH is 1. The first-order valence-electron chi connectivity index (χ1n) is 9.00. The Bertz CT molecular complexity index is 408. The molecule has 0 unspecified atom stereocenters. The van der Waals surface area contributed by atoms with Gasteiger partial charge in [0.2, 0.25) is 0 Å². The highest BCUT2D eigenvalue weighted by Gasteiger charge is 2.07. The zero-order chi connectivity index (χ0) is 17.9. The van der Waals surface area contributed by atoms with Gasteiger partial charge in [0.05, 0.1) is 0 Å². The summed E-state index contributed by atoms with van der Waals surface area (Å²) < 4.78 is 4.36. The molecule has 24 heavy (non-hydrogen) atoms. The van der Waals surface area contributed by atoms with E-state index in [0.717, 1.165) is 25.7 Å². The molecule has 0 aromatic heterocycles. The van der Waals surface area contributed by atoms with E-state index >= 15 is 0 Å². The summed E-state index contributed by atoms with van der Waals surface area (Å²) in [5.74, 6) is -1.45. The van der Waals surface area contributed by atoms with Crippen molar-refractivity contribution in [3.8, 4) is 0 Å². The third kappa shape index (κ3) is 16.7. The van der Waals surface area contributed by atoms with Gasteiger partial charge in [0.15, 0.2) is 0 Å². The molecule has 0 bridgehead atoms. The molecule has 0 fully saturated rings. The zero-order valence-electron chi connectivity index (χ0n) is 14.9. The van der Waals surface area contributed by atoms with Gasteiger partial charge in [-0.05, 0) is 44.9 Å². The highest BCUT2D eigenvalue weighted by atomic mass is 16.6. The Morgan fingerprint density at radius 2 is 1.33 bits per heavy atom. The lowest BCUT2D eigenvalue weighted by atomic mass is 10.1. The lowest BCUT2D eigenvalue weighted by molar-refractivity contribution is -0.161. The number of aliphatic hydroxyl groups is 1. The van der Waals surface area contributed by atoms with Crippen LogP contribution in [0, 0.1) is 0 Å². The Balaban J connectivity index is 3.45. The Kier molecular flexibility index (Phi) is 16.4. The molecule has 136 valence electrons. The summed E-state index contributed by atoms with van der Waals surface area (Å²) in [4.78, 5) is 21.8. The third-order valence-electron chi connectivity index (χ3n) is 3.38. The summed E-state index contributed by atoms with van der Waals surface area (Å²) >= 11 is 0. The minimum atomic E-state index is -0.887. The van der Waals surface area contributed by atoms with Crippen LogP contribution < -0.4 is 0 Å². The van der Waals surface area contributed by atoms with Gasteiger partial charge < -0.3 is 9.84 Å². The number of carbonyl (C=O) groups is 2. The molecule has 0 radical (unpaired) electrons. The van der Waals surface area contributed by atoms with Crippen molar-refractivity contribution in [1.29, 1.82) is 0 Å². The molecular formula is C20H32O4. The molecule has 0 aliphatic rings. The van der Waals surface area contributed by atoms with Gasteiger partial charge in [0.25, 0.3) is 0 Å². The SMILES string of the molecule is CCCCC/C=C\C/C=C\C/C=C\CCCCC(=O)OC(=O)CO.